The molecular weight excluding hydrogens is 221 g/mol. The maximum absolute atomic E-state index is 7.59. The lowest BCUT2D eigenvalue weighted by Gasteiger charge is -1.75. The Morgan fingerprint density at radius 2 is 2.25 bits per heavy atom. The van der Waals surface area contributed by atoms with Crippen LogP contribution in [0.5, 0.6) is 0 Å². The molecule has 0 amide bonds. The van der Waals surface area contributed by atoms with Gasteiger partial charge in [0.1, 0.15) is 6.61 Å². The average molecular weight is 224 g/mol. The molecule has 4 heteroatoms. The summed E-state index contributed by atoms with van der Waals surface area (Å²) < 4.78 is 2.50. The molecule has 0 saturated carbocycles. The average Bonchev–Trinajstić information content (AvgIpc) is 1.88. The van der Waals surface area contributed by atoms with Crippen LogP contribution in [-0.4, -0.2) is 11.9 Å². The van der Waals surface area contributed by atoms with Crippen molar-refractivity contribution in [3.05, 3.63) is 6.57 Å². The fraction of sp³-hybridized carbons (Fsp3) is 0.250. The molecule has 1 radical (unpaired) electrons. The minimum absolute atomic E-state index is 0.100. The molecule has 0 aromatic carbocycles. The van der Waals surface area contributed by atoms with Gasteiger partial charge in [0, 0.05) is 22.6 Å². The SMILES string of the molecule is OOCC#CI.[C]#N. The first kappa shape index (κ1) is 10.6. The highest BCUT2D eigenvalue weighted by atomic mass is 127. The van der Waals surface area contributed by atoms with E-state index < -0.39 is 0 Å². The number of halogens is 1. The van der Waals surface area contributed by atoms with E-state index >= 15 is 0 Å². The number of nitrogens with zero attached hydrogens (tertiary/aromatic N) is 1. The molecule has 0 aromatic rings. The van der Waals surface area contributed by atoms with Crippen LogP contribution >= 0.6 is 22.6 Å². The van der Waals surface area contributed by atoms with E-state index in [1.54, 1.807) is 0 Å². The van der Waals surface area contributed by atoms with Gasteiger partial charge in [-0.05, 0) is 3.93 Å². The Hall–Kier alpha value is -0.300. The molecule has 0 bridgehead atoms. The normalized spacial score (nSPS) is 5.00. The lowest BCUT2D eigenvalue weighted by Crippen LogP contribution is -1.79. The van der Waals surface area contributed by atoms with E-state index in [-0.39, 0.29) is 6.61 Å². The fourth-order valence-electron chi connectivity index (χ4n) is 0.0596. The molecule has 1 N–H and O–H groups in total. The topological polar surface area (TPSA) is 53.2 Å². The summed E-state index contributed by atoms with van der Waals surface area (Å²) in [6.07, 6.45) is 0. The van der Waals surface area contributed by atoms with Gasteiger partial charge in [0.15, 0.2) is 6.57 Å². The highest BCUT2D eigenvalue weighted by Crippen LogP contribution is 1.69. The van der Waals surface area contributed by atoms with E-state index in [0.717, 1.165) is 0 Å². The van der Waals surface area contributed by atoms with Gasteiger partial charge < -0.3 is 0 Å². The molecule has 0 fully saturated rings. The largest absolute Gasteiger partial charge is 0.251 e. The number of hydrogen-bond acceptors (Lipinski definition) is 3. The van der Waals surface area contributed by atoms with Crippen molar-refractivity contribution in [1.82, 2.24) is 0 Å². The maximum atomic E-state index is 7.59. The molecule has 8 heavy (non-hydrogen) atoms. The van der Waals surface area contributed by atoms with Gasteiger partial charge in [-0.25, -0.2) is 4.89 Å². The second-order valence-electron chi connectivity index (χ2n) is 0.545. The van der Waals surface area contributed by atoms with Crippen molar-refractivity contribution >= 4 is 22.6 Å². The van der Waals surface area contributed by atoms with Crippen molar-refractivity contribution < 1.29 is 10.1 Å². The van der Waals surface area contributed by atoms with E-state index in [4.69, 9.17) is 17.1 Å². The van der Waals surface area contributed by atoms with Crippen LogP contribution < -0.4 is 0 Å². The van der Waals surface area contributed by atoms with Crippen LogP contribution in [0, 0.1) is 21.7 Å². The third-order valence-corrected chi connectivity index (χ3v) is 0.585. The first-order valence-corrected chi connectivity index (χ1v) is 2.57. The van der Waals surface area contributed by atoms with Gasteiger partial charge in [-0.3, -0.25) is 5.26 Å². The summed E-state index contributed by atoms with van der Waals surface area (Å²) in [4.78, 5) is 3.60. The first-order valence-electron chi connectivity index (χ1n) is 1.49. The second-order valence-corrected chi connectivity index (χ2v) is 1.08. The Balaban J connectivity index is 0. The lowest BCUT2D eigenvalue weighted by atomic mass is 10.8. The molecule has 0 saturated heterocycles. The monoisotopic (exact) mass is 224 g/mol. The van der Waals surface area contributed by atoms with Gasteiger partial charge in [0.25, 0.3) is 0 Å². The molecule has 3 nitrogen and oxygen atoms in total. The Bertz CT molecular complexity index is 102. The van der Waals surface area contributed by atoms with E-state index in [2.05, 4.69) is 14.7 Å². The standard InChI is InChI=1S/C3H3IO2.CN/c4-2-1-3-6-5;1-2/h5H,3H2;. The molecule has 0 unspecified atom stereocenters. The van der Waals surface area contributed by atoms with E-state index in [1.165, 1.54) is 0 Å². The smallest absolute Gasteiger partial charge is 0.181 e. The molecule has 0 aliphatic heterocycles. The Morgan fingerprint density at radius 3 is 2.38 bits per heavy atom. The molecule has 0 rings (SSSR count). The summed E-state index contributed by atoms with van der Waals surface area (Å²) in [6.45, 7) is 4.85. The molecule has 43 valence electrons. The Labute approximate surface area is 61.3 Å². The van der Waals surface area contributed by atoms with Crippen molar-refractivity contribution in [2.75, 3.05) is 6.61 Å². The summed E-state index contributed by atoms with van der Waals surface area (Å²) in [7, 11) is 0. The molecular formula is C4H3INO2. The molecule has 0 spiro atoms. The van der Waals surface area contributed by atoms with Gasteiger partial charge in [-0.1, -0.05) is 5.92 Å². The molecule has 0 aliphatic carbocycles. The van der Waals surface area contributed by atoms with E-state index in [1.807, 2.05) is 22.6 Å². The van der Waals surface area contributed by atoms with Crippen LogP contribution in [0.15, 0.2) is 0 Å². The summed E-state index contributed by atoms with van der Waals surface area (Å²) in [5.41, 5.74) is 0. The Morgan fingerprint density at radius 1 is 1.75 bits per heavy atom. The van der Waals surface area contributed by atoms with Crippen LogP contribution in [0.3, 0.4) is 0 Å². The lowest BCUT2D eigenvalue weighted by molar-refractivity contribution is -0.229. The van der Waals surface area contributed by atoms with Crippen LogP contribution in [0.1, 0.15) is 0 Å². The maximum Gasteiger partial charge on any atom is 0.181 e. The van der Waals surface area contributed by atoms with Gasteiger partial charge in [-0.2, -0.15) is 5.26 Å². The summed E-state index contributed by atoms with van der Waals surface area (Å²) in [6, 6.07) is 0. The zero-order chi connectivity index (χ0) is 6.83. The summed E-state index contributed by atoms with van der Waals surface area (Å²) in [5, 5.41) is 13.8. The molecule has 0 aliphatic rings. The van der Waals surface area contributed by atoms with Crippen LogP contribution in [0.4, 0.5) is 0 Å². The van der Waals surface area contributed by atoms with Crippen molar-refractivity contribution in [2.24, 2.45) is 0 Å². The highest BCUT2D eigenvalue weighted by Gasteiger charge is 1.63. The molecule has 0 heterocycles. The predicted molar refractivity (Wildman–Crippen MR) is 35.3 cm³/mol. The van der Waals surface area contributed by atoms with Crippen molar-refractivity contribution in [3.63, 3.8) is 0 Å². The molecule has 0 atom stereocenters. The minimum Gasteiger partial charge on any atom is -0.251 e. The summed E-state index contributed by atoms with van der Waals surface area (Å²) >= 11 is 1.86. The molecule has 0 aromatic heterocycles. The van der Waals surface area contributed by atoms with Gasteiger partial charge in [-0.15, -0.1) is 0 Å². The van der Waals surface area contributed by atoms with Crippen LogP contribution in [0.2, 0.25) is 0 Å². The van der Waals surface area contributed by atoms with Gasteiger partial charge >= 0.3 is 0 Å². The zero-order valence-electron chi connectivity index (χ0n) is 3.89. The van der Waals surface area contributed by atoms with Crippen molar-refractivity contribution in [2.45, 2.75) is 0 Å². The van der Waals surface area contributed by atoms with Crippen LogP contribution in [-0.2, 0) is 4.89 Å². The predicted octanol–water partition coefficient (Wildman–Crippen LogP) is 0.968. The number of hydrogen-bond donors (Lipinski definition) is 1. The summed E-state index contributed by atoms with van der Waals surface area (Å²) in [5.74, 6) is 2.46. The third-order valence-electron chi connectivity index (χ3n) is 0.204. The fourth-order valence-corrected chi connectivity index (χ4v) is 0.215. The van der Waals surface area contributed by atoms with Gasteiger partial charge in [0.2, 0.25) is 0 Å². The van der Waals surface area contributed by atoms with Gasteiger partial charge in [0.05, 0.1) is 0 Å². The van der Waals surface area contributed by atoms with Crippen molar-refractivity contribution in [1.29, 1.82) is 5.26 Å². The second kappa shape index (κ2) is 15.9. The Kier molecular flexibility index (Phi) is 21.1. The van der Waals surface area contributed by atoms with Crippen molar-refractivity contribution in [3.8, 4) is 9.85 Å². The van der Waals surface area contributed by atoms with E-state index in [0.29, 0.717) is 0 Å². The quantitative estimate of drug-likeness (QED) is 0.312. The number of rotatable bonds is 1. The minimum atomic E-state index is 0.100. The van der Waals surface area contributed by atoms with E-state index in [9.17, 15) is 0 Å². The highest BCUT2D eigenvalue weighted by molar-refractivity contribution is 14.1. The first-order chi connectivity index (χ1) is 3.91. The van der Waals surface area contributed by atoms with Crippen LogP contribution in [0.25, 0.3) is 0 Å². The third kappa shape index (κ3) is 17.3. The zero-order valence-corrected chi connectivity index (χ0v) is 6.05.